The molecule has 0 saturated carbocycles. The van der Waals surface area contributed by atoms with Crippen molar-refractivity contribution in [3.05, 3.63) is 29.8 Å². The van der Waals surface area contributed by atoms with Crippen molar-refractivity contribution in [2.75, 3.05) is 5.73 Å². The monoisotopic (exact) mass is 280 g/mol. The number of carbonyl (C=O) groups is 3. The molecule has 20 heavy (non-hydrogen) atoms. The van der Waals surface area contributed by atoms with Gasteiger partial charge in [0.15, 0.2) is 0 Å². The normalized spacial score (nSPS) is 11.7. The van der Waals surface area contributed by atoms with Crippen LogP contribution in [0.4, 0.5) is 5.69 Å². The van der Waals surface area contributed by atoms with E-state index in [4.69, 9.17) is 22.4 Å². The molecule has 0 aliphatic rings. The second-order valence-corrected chi connectivity index (χ2v) is 4.19. The van der Waals surface area contributed by atoms with E-state index in [-0.39, 0.29) is 18.4 Å². The zero-order valence-corrected chi connectivity index (χ0v) is 10.7. The van der Waals surface area contributed by atoms with Crippen molar-refractivity contribution in [1.82, 2.24) is 5.01 Å². The van der Waals surface area contributed by atoms with Crippen molar-refractivity contribution in [3.8, 4) is 0 Å². The Kier molecular flexibility index (Phi) is 5.04. The van der Waals surface area contributed by atoms with Gasteiger partial charge in [0.1, 0.15) is 6.04 Å². The second kappa shape index (κ2) is 6.53. The highest BCUT2D eigenvalue weighted by Crippen LogP contribution is 2.11. The van der Waals surface area contributed by atoms with Gasteiger partial charge in [-0.1, -0.05) is 0 Å². The smallest absolute Gasteiger partial charge is 0.328 e. The number of primary amides is 1. The number of aliphatic carboxylic acids is 1. The second-order valence-electron chi connectivity index (χ2n) is 4.19. The van der Waals surface area contributed by atoms with Crippen molar-refractivity contribution in [3.63, 3.8) is 0 Å². The lowest BCUT2D eigenvalue weighted by molar-refractivity contribution is -0.142. The third-order valence-electron chi connectivity index (χ3n) is 2.68. The van der Waals surface area contributed by atoms with Gasteiger partial charge in [0.25, 0.3) is 5.91 Å². The van der Waals surface area contributed by atoms with Crippen LogP contribution in [0.25, 0.3) is 0 Å². The number of anilines is 1. The van der Waals surface area contributed by atoms with Gasteiger partial charge in [-0.3, -0.25) is 14.6 Å². The molecule has 7 N–H and O–H groups in total. The summed E-state index contributed by atoms with van der Waals surface area (Å²) in [6, 6.07) is 4.54. The van der Waals surface area contributed by atoms with Crippen LogP contribution in [-0.4, -0.2) is 33.9 Å². The maximum Gasteiger partial charge on any atom is 0.328 e. The highest BCUT2D eigenvalue weighted by molar-refractivity contribution is 5.96. The van der Waals surface area contributed by atoms with Gasteiger partial charge in [-0.15, -0.1) is 0 Å². The number of nitrogens with zero attached hydrogens (tertiary/aromatic N) is 1. The minimum absolute atomic E-state index is 0.151. The molecule has 0 unspecified atom stereocenters. The standard InChI is InChI=1S/C12H16N4O4/c13-8-3-1-7(2-4-8)11(18)16(15)9(12(19)20)5-6-10(14)17/h1-4,9H,5-6,13,15H2,(H2,14,17)(H,19,20)/t9-/m0/s1. The lowest BCUT2D eigenvalue weighted by atomic mass is 10.1. The van der Waals surface area contributed by atoms with Crippen LogP contribution in [0.2, 0.25) is 0 Å². The Morgan fingerprint density at radius 1 is 1.20 bits per heavy atom. The number of nitrogens with two attached hydrogens (primary N) is 3. The van der Waals surface area contributed by atoms with Crippen molar-refractivity contribution >= 4 is 23.5 Å². The topological polar surface area (TPSA) is 153 Å². The Balaban J connectivity index is 2.85. The largest absolute Gasteiger partial charge is 0.480 e. The average Bonchev–Trinajstić information content (AvgIpc) is 2.38. The van der Waals surface area contributed by atoms with E-state index in [1.165, 1.54) is 24.3 Å². The maximum absolute atomic E-state index is 12.0. The van der Waals surface area contributed by atoms with Crippen molar-refractivity contribution in [1.29, 1.82) is 0 Å². The van der Waals surface area contributed by atoms with Crippen LogP contribution < -0.4 is 17.3 Å². The highest BCUT2D eigenvalue weighted by atomic mass is 16.4. The fourth-order valence-electron chi connectivity index (χ4n) is 1.58. The number of hydrazine groups is 1. The molecular formula is C12H16N4O4. The van der Waals surface area contributed by atoms with Crippen molar-refractivity contribution < 1.29 is 19.5 Å². The van der Waals surface area contributed by atoms with Crippen LogP contribution in [0.15, 0.2) is 24.3 Å². The van der Waals surface area contributed by atoms with Gasteiger partial charge >= 0.3 is 5.97 Å². The number of rotatable bonds is 6. The Morgan fingerprint density at radius 3 is 2.20 bits per heavy atom. The molecule has 0 saturated heterocycles. The number of hydrogen-bond acceptors (Lipinski definition) is 5. The molecule has 8 heteroatoms. The number of carboxylic acids is 1. The highest BCUT2D eigenvalue weighted by Gasteiger charge is 2.28. The van der Waals surface area contributed by atoms with Gasteiger partial charge in [0, 0.05) is 17.7 Å². The van der Waals surface area contributed by atoms with Gasteiger partial charge in [0.2, 0.25) is 5.91 Å². The van der Waals surface area contributed by atoms with E-state index in [1.807, 2.05) is 0 Å². The van der Waals surface area contributed by atoms with E-state index in [9.17, 15) is 14.4 Å². The molecule has 1 atom stereocenters. The first-order valence-electron chi connectivity index (χ1n) is 5.78. The van der Waals surface area contributed by atoms with Gasteiger partial charge in [-0.2, -0.15) is 0 Å². The number of nitrogen functional groups attached to an aromatic ring is 1. The summed E-state index contributed by atoms with van der Waals surface area (Å²) in [4.78, 5) is 33.8. The first-order valence-corrected chi connectivity index (χ1v) is 5.78. The van der Waals surface area contributed by atoms with Gasteiger partial charge in [0.05, 0.1) is 0 Å². The van der Waals surface area contributed by atoms with Crippen molar-refractivity contribution in [2.45, 2.75) is 18.9 Å². The number of benzene rings is 1. The summed E-state index contributed by atoms with van der Waals surface area (Å²) >= 11 is 0. The molecule has 0 radical (unpaired) electrons. The molecule has 0 heterocycles. The molecule has 0 aromatic heterocycles. The van der Waals surface area contributed by atoms with Crippen LogP contribution >= 0.6 is 0 Å². The number of carbonyl (C=O) groups excluding carboxylic acids is 2. The molecule has 8 nitrogen and oxygen atoms in total. The Labute approximate surface area is 115 Å². The van der Waals surface area contributed by atoms with E-state index < -0.39 is 23.8 Å². The van der Waals surface area contributed by atoms with Crippen LogP contribution in [0, 0.1) is 0 Å². The molecule has 0 aliphatic heterocycles. The first kappa shape index (κ1) is 15.4. The van der Waals surface area contributed by atoms with Crippen LogP contribution in [-0.2, 0) is 9.59 Å². The average molecular weight is 280 g/mol. The van der Waals surface area contributed by atoms with E-state index in [0.29, 0.717) is 10.7 Å². The summed E-state index contributed by atoms with van der Waals surface area (Å²) in [6.07, 6.45) is -0.332. The fourth-order valence-corrected chi connectivity index (χ4v) is 1.58. The zero-order chi connectivity index (χ0) is 15.3. The van der Waals surface area contributed by atoms with Crippen LogP contribution in [0.1, 0.15) is 23.2 Å². The van der Waals surface area contributed by atoms with Crippen molar-refractivity contribution in [2.24, 2.45) is 11.6 Å². The molecule has 0 fully saturated rings. The Hall–Kier alpha value is -2.61. The molecule has 1 aromatic rings. The van der Waals surface area contributed by atoms with Gasteiger partial charge in [-0.25, -0.2) is 10.6 Å². The molecule has 0 bridgehead atoms. The summed E-state index contributed by atoms with van der Waals surface area (Å²) < 4.78 is 0. The SMILES string of the molecule is NC(=O)CC[C@@H](C(=O)O)N(N)C(=O)c1ccc(N)cc1. The van der Waals surface area contributed by atoms with Gasteiger partial charge < -0.3 is 16.6 Å². The van der Waals surface area contributed by atoms with E-state index in [2.05, 4.69) is 0 Å². The van der Waals surface area contributed by atoms with E-state index >= 15 is 0 Å². The fraction of sp³-hybridized carbons (Fsp3) is 0.250. The molecule has 108 valence electrons. The summed E-state index contributed by atoms with van der Waals surface area (Å²) in [6.45, 7) is 0. The Bertz CT molecular complexity index is 515. The first-order chi connectivity index (χ1) is 9.32. The predicted molar refractivity (Wildman–Crippen MR) is 71.1 cm³/mol. The molecule has 2 amide bonds. The number of hydrogen-bond donors (Lipinski definition) is 4. The summed E-state index contributed by atoms with van der Waals surface area (Å²) in [5, 5.41) is 9.63. The Morgan fingerprint density at radius 2 is 1.75 bits per heavy atom. The number of amides is 2. The van der Waals surface area contributed by atoms with Crippen LogP contribution in [0.3, 0.4) is 0 Å². The molecule has 0 aliphatic carbocycles. The molecule has 1 aromatic carbocycles. The molecule has 0 spiro atoms. The summed E-state index contributed by atoms with van der Waals surface area (Å²) in [7, 11) is 0. The minimum atomic E-state index is -1.33. The summed E-state index contributed by atoms with van der Waals surface area (Å²) in [5.74, 6) is 2.89. The maximum atomic E-state index is 12.0. The molecular weight excluding hydrogens is 264 g/mol. The summed E-state index contributed by atoms with van der Waals surface area (Å²) in [5.41, 5.74) is 11.1. The molecule has 1 rings (SSSR count). The minimum Gasteiger partial charge on any atom is -0.480 e. The van der Waals surface area contributed by atoms with Crippen LogP contribution in [0.5, 0.6) is 0 Å². The third-order valence-corrected chi connectivity index (χ3v) is 2.68. The third kappa shape index (κ3) is 3.95. The van der Waals surface area contributed by atoms with Gasteiger partial charge in [-0.05, 0) is 30.7 Å². The quantitative estimate of drug-likeness (QED) is 0.234. The van der Waals surface area contributed by atoms with E-state index in [0.717, 1.165) is 0 Å². The number of carboxylic acid groups (broad SMARTS) is 1. The lowest BCUT2D eigenvalue weighted by Gasteiger charge is -2.23. The predicted octanol–water partition coefficient (Wildman–Crippen LogP) is -0.697. The lowest BCUT2D eigenvalue weighted by Crippen LogP contribution is -2.50. The van der Waals surface area contributed by atoms with E-state index in [1.54, 1.807) is 0 Å². The zero-order valence-electron chi connectivity index (χ0n) is 10.7.